The minimum absolute atomic E-state index is 0.111. The SMILES string of the molecule is Cc1ccc(OC(=O)c2cccc(C=O)n2)cc1. The van der Waals surface area contributed by atoms with E-state index in [1.54, 1.807) is 18.2 Å². The van der Waals surface area contributed by atoms with Gasteiger partial charge in [-0.1, -0.05) is 23.8 Å². The molecule has 4 heteroatoms. The van der Waals surface area contributed by atoms with Gasteiger partial charge in [0.15, 0.2) is 6.29 Å². The molecule has 0 N–H and O–H groups in total. The molecule has 4 nitrogen and oxygen atoms in total. The number of benzene rings is 1. The van der Waals surface area contributed by atoms with Crippen LogP contribution in [0.5, 0.6) is 5.75 Å². The number of hydrogen-bond acceptors (Lipinski definition) is 4. The first-order valence-corrected chi connectivity index (χ1v) is 5.40. The van der Waals surface area contributed by atoms with Gasteiger partial charge in [0.2, 0.25) is 0 Å². The number of ether oxygens (including phenoxy) is 1. The predicted molar refractivity (Wildman–Crippen MR) is 65.8 cm³/mol. The van der Waals surface area contributed by atoms with E-state index in [-0.39, 0.29) is 11.4 Å². The van der Waals surface area contributed by atoms with Crippen molar-refractivity contribution >= 4 is 12.3 Å². The molecule has 1 heterocycles. The molecule has 1 aromatic heterocycles. The first-order valence-electron chi connectivity index (χ1n) is 5.40. The summed E-state index contributed by atoms with van der Waals surface area (Å²) in [5.41, 5.74) is 1.39. The normalized spacial score (nSPS) is 9.83. The van der Waals surface area contributed by atoms with Crippen LogP contribution in [0.25, 0.3) is 0 Å². The van der Waals surface area contributed by atoms with Crippen LogP contribution >= 0.6 is 0 Å². The molecule has 1 aromatic carbocycles. The summed E-state index contributed by atoms with van der Waals surface area (Å²) in [6.45, 7) is 1.95. The summed E-state index contributed by atoms with van der Waals surface area (Å²) in [6, 6.07) is 11.7. The maximum Gasteiger partial charge on any atom is 0.362 e. The van der Waals surface area contributed by atoms with Crippen LogP contribution in [-0.2, 0) is 0 Å². The lowest BCUT2D eigenvalue weighted by Crippen LogP contribution is -2.11. The summed E-state index contributed by atoms with van der Waals surface area (Å²) in [6.07, 6.45) is 0.586. The van der Waals surface area contributed by atoms with Gasteiger partial charge in [-0.05, 0) is 31.2 Å². The average molecular weight is 241 g/mol. The van der Waals surface area contributed by atoms with Gasteiger partial charge in [0.05, 0.1) is 0 Å². The fraction of sp³-hybridized carbons (Fsp3) is 0.0714. The van der Waals surface area contributed by atoms with Crippen molar-refractivity contribution in [2.75, 3.05) is 0 Å². The van der Waals surface area contributed by atoms with Crippen molar-refractivity contribution in [1.29, 1.82) is 0 Å². The summed E-state index contributed by atoms with van der Waals surface area (Å²) >= 11 is 0. The van der Waals surface area contributed by atoms with Crippen molar-refractivity contribution in [2.45, 2.75) is 6.92 Å². The maximum absolute atomic E-state index is 11.8. The van der Waals surface area contributed by atoms with Gasteiger partial charge in [-0.25, -0.2) is 9.78 Å². The summed E-state index contributed by atoms with van der Waals surface area (Å²) < 4.78 is 5.14. The maximum atomic E-state index is 11.8. The third-order valence-electron chi connectivity index (χ3n) is 2.33. The highest BCUT2D eigenvalue weighted by atomic mass is 16.5. The Hall–Kier alpha value is -2.49. The molecule has 0 aliphatic carbocycles. The van der Waals surface area contributed by atoms with E-state index < -0.39 is 5.97 Å². The first-order chi connectivity index (χ1) is 8.69. The van der Waals surface area contributed by atoms with Crippen LogP contribution in [0.4, 0.5) is 0 Å². The Balaban J connectivity index is 2.16. The monoisotopic (exact) mass is 241 g/mol. The van der Waals surface area contributed by atoms with Crippen molar-refractivity contribution in [3.05, 3.63) is 59.4 Å². The fourth-order valence-corrected chi connectivity index (χ4v) is 1.40. The number of hydrogen-bond donors (Lipinski definition) is 0. The molecule has 2 rings (SSSR count). The van der Waals surface area contributed by atoms with Crippen LogP contribution < -0.4 is 4.74 Å². The van der Waals surface area contributed by atoms with E-state index in [9.17, 15) is 9.59 Å². The van der Waals surface area contributed by atoms with Crippen molar-refractivity contribution in [2.24, 2.45) is 0 Å². The fourth-order valence-electron chi connectivity index (χ4n) is 1.40. The second kappa shape index (κ2) is 5.23. The zero-order valence-corrected chi connectivity index (χ0v) is 9.79. The third-order valence-corrected chi connectivity index (χ3v) is 2.33. The zero-order valence-electron chi connectivity index (χ0n) is 9.79. The highest BCUT2D eigenvalue weighted by Gasteiger charge is 2.10. The number of aldehydes is 1. The topological polar surface area (TPSA) is 56.3 Å². The van der Waals surface area contributed by atoms with E-state index in [0.29, 0.717) is 12.0 Å². The zero-order chi connectivity index (χ0) is 13.0. The molecule has 0 saturated carbocycles. The average Bonchev–Trinajstić information content (AvgIpc) is 2.41. The van der Waals surface area contributed by atoms with Gasteiger partial charge in [0.1, 0.15) is 17.1 Å². The van der Waals surface area contributed by atoms with Crippen molar-refractivity contribution in [1.82, 2.24) is 4.98 Å². The van der Waals surface area contributed by atoms with Crippen LogP contribution in [0.2, 0.25) is 0 Å². The number of rotatable bonds is 3. The van der Waals surface area contributed by atoms with Gasteiger partial charge in [0, 0.05) is 0 Å². The quantitative estimate of drug-likeness (QED) is 0.470. The van der Waals surface area contributed by atoms with E-state index in [1.807, 2.05) is 19.1 Å². The molecule has 0 atom stereocenters. The molecular weight excluding hydrogens is 230 g/mol. The number of aryl methyl sites for hydroxylation is 1. The molecule has 0 unspecified atom stereocenters. The molecular formula is C14H11NO3. The van der Waals surface area contributed by atoms with E-state index in [2.05, 4.69) is 4.98 Å². The minimum atomic E-state index is -0.581. The van der Waals surface area contributed by atoms with Crippen molar-refractivity contribution in [3.63, 3.8) is 0 Å². The molecule has 2 aromatic rings. The highest BCUT2D eigenvalue weighted by molar-refractivity contribution is 5.89. The number of pyridine rings is 1. The lowest BCUT2D eigenvalue weighted by molar-refractivity contribution is 0.0728. The van der Waals surface area contributed by atoms with Gasteiger partial charge < -0.3 is 4.74 Å². The number of carbonyl (C=O) groups excluding carboxylic acids is 2. The number of carbonyl (C=O) groups is 2. The Bertz CT molecular complexity index is 576. The first kappa shape index (κ1) is 12.0. The Morgan fingerprint density at radius 1 is 1.17 bits per heavy atom. The van der Waals surface area contributed by atoms with E-state index in [4.69, 9.17) is 4.74 Å². The third kappa shape index (κ3) is 2.79. The molecule has 0 spiro atoms. The Morgan fingerprint density at radius 2 is 1.89 bits per heavy atom. The van der Waals surface area contributed by atoms with E-state index in [0.717, 1.165) is 5.56 Å². The predicted octanol–water partition coefficient (Wildman–Crippen LogP) is 2.42. The molecule has 0 amide bonds. The van der Waals surface area contributed by atoms with Crippen LogP contribution in [0, 0.1) is 6.92 Å². The molecule has 18 heavy (non-hydrogen) atoms. The van der Waals surface area contributed by atoms with Crippen molar-refractivity contribution in [3.8, 4) is 5.75 Å². The Kier molecular flexibility index (Phi) is 3.48. The number of nitrogens with zero attached hydrogens (tertiary/aromatic N) is 1. The Morgan fingerprint density at radius 3 is 2.56 bits per heavy atom. The second-order valence-electron chi connectivity index (χ2n) is 3.77. The lowest BCUT2D eigenvalue weighted by Gasteiger charge is -2.04. The van der Waals surface area contributed by atoms with Gasteiger partial charge in [0.25, 0.3) is 0 Å². The number of esters is 1. The van der Waals surface area contributed by atoms with E-state index in [1.165, 1.54) is 12.1 Å². The van der Waals surface area contributed by atoms with Crippen LogP contribution in [-0.4, -0.2) is 17.2 Å². The molecule has 90 valence electrons. The van der Waals surface area contributed by atoms with Gasteiger partial charge in [-0.3, -0.25) is 4.79 Å². The smallest absolute Gasteiger partial charge is 0.362 e. The van der Waals surface area contributed by atoms with Crippen LogP contribution in [0.15, 0.2) is 42.5 Å². The molecule has 0 saturated heterocycles. The minimum Gasteiger partial charge on any atom is -0.422 e. The highest BCUT2D eigenvalue weighted by Crippen LogP contribution is 2.13. The number of aromatic nitrogens is 1. The summed E-state index contributed by atoms with van der Waals surface area (Å²) in [5, 5.41) is 0. The summed E-state index contributed by atoms with van der Waals surface area (Å²) in [7, 11) is 0. The largest absolute Gasteiger partial charge is 0.422 e. The summed E-state index contributed by atoms with van der Waals surface area (Å²) in [5.74, 6) is -0.133. The van der Waals surface area contributed by atoms with Gasteiger partial charge in [-0.15, -0.1) is 0 Å². The van der Waals surface area contributed by atoms with Gasteiger partial charge in [-0.2, -0.15) is 0 Å². The standard InChI is InChI=1S/C14H11NO3/c1-10-5-7-12(8-6-10)18-14(17)13-4-2-3-11(9-16)15-13/h2-9H,1H3. The molecule has 0 radical (unpaired) electrons. The van der Waals surface area contributed by atoms with Crippen LogP contribution in [0.3, 0.4) is 0 Å². The molecule has 0 fully saturated rings. The second-order valence-corrected chi connectivity index (χ2v) is 3.77. The lowest BCUT2D eigenvalue weighted by atomic mass is 10.2. The Labute approximate surface area is 104 Å². The van der Waals surface area contributed by atoms with E-state index >= 15 is 0 Å². The molecule has 0 aliphatic rings. The van der Waals surface area contributed by atoms with Gasteiger partial charge >= 0.3 is 5.97 Å². The van der Waals surface area contributed by atoms with Crippen molar-refractivity contribution < 1.29 is 14.3 Å². The molecule has 0 bridgehead atoms. The summed E-state index contributed by atoms with van der Waals surface area (Å²) in [4.78, 5) is 26.2. The molecule has 0 aliphatic heterocycles. The van der Waals surface area contributed by atoms with Crippen LogP contribution in [0.1, 0.15) is 26.5 Å².